The lowest BCUT2D eigenvalue weighted by molar-refractivity contribution is 0.359. The molecule has 0 unspecified atom stereocenters. The van der Waals surface area contributed by atoms with Gasteiger partial charge in [-0.1, -0.05) is 19.9 Å². The van der Waals surface area contributed by atoms with Crippen molar-refractivity contribution in [3.63, 3.8) is 0 Å². The van der Waals surface area contributed by atoms with Gasteiger partial charge in [0.1, 0.15) is 5.75 Å². The molecule has 15 heavy (non-hydrogen) atoms. The van der Waals surface area contributed by atoms with E-state index in [2.05, 4.69) is 26.0 Å². The van der Waals surface area contributed by atoms with Crippen molar-refractivity contribution in [1.29, 1.82) is 0 Å². The highest BCUT2D eigenvalue weighted by atomic mass is 16.5. The first-order chi connectivity index (χ1) is 7.05. The standard InChI is InChI=1S/C13H19NO/c1-13(2)11-8-10(15-3)6-4-9(11)5-7-12(13)14/h4,6,8,12H,5,7,14H2,1-3H3/t12-/m0/s1. The van der Waals surface area contributed by atoms with E-state index in [4.69, 9.17) is 10.5 Å². The zero-order chi connectivity index (χ0) is 11.1. The largest absolute Gasteiger partial charge is 0.497 e. The molecular formula is C13H19NO. The zero-order valence-electron chi connectivity index (χ0n) is 9.71. The molecule has 2 heteroatoms. The summed E-state index contributed by atoms with van der Waals surface area (Å²) in [5.74, 6) is 0.927. The first-order valence-electron chi connectivity index (χ1n) is 5.48. The fourth-order valence-electron chi connectivity index (χ4n) is 2.37. The van der Waals surface area contributed by atoms with E-state index in [0.717, 1.165) is 18.6 Å². The normalized spacial score (nSPS) is 23.3. The summed E-state index contributed by atoms with van der Waals surface area (Å²) in [6, 6.07) is 6.58. The molecule has 0 fully saturated rings. The van der Waals surface area contributed by atoms with Gasteiger partial charge in [-0.3, -0.25) is 0 Å². The van der Waals surface area contributed by atoms with Crippen molar-refractivity contribution in [2.24, 2.45) is 5.73 Å². The lowest BCUT2D eigenvalue weighted by Crippen LogP contribution is -2.44. The van der Waals surface area contributed by atoms with Crippen LogP contribution in [0.5, 0.6) is 5.75 Å². The fourth-order valence-corrected chi connectivity index (χ4v) is 2.37. The van der Waals surface area contributed by atoms with Gasteiger partial charge < -0.3 is 10.5 Å². The van der Waals surface area contributed by atoms with Crippen LogP contribution < -0.4 is 10.5 Å². The summed E-state index contributed by atoms with van der Waals surface area (Å²) in [4.78, 5) is 0. The van der Waals surface area contributed by atoms with E-state index >= 15 is 0 Å². The number of benzene rings is 1. The molecule has 0 heterocycles. The number of ether oxygens (including phenoxy) is 1. The van der Waals surface area contributed by atoms with Crippen LogP contribution >= 0.6 is 0 Å². The minimum absolute atomic E-state index is 0.0577. The van der Waals surface area contributed by atoms with Gasteiger partial charge in [-0.25, -0.2) is 0 Å². The Morgan fingerprint density at radius 3 is 2.80 bits per heavy atom. The maximum atomic E-state index is 6.18. The molecule has 0 spiro atoms. The second-order valence-corrected chi connectivity index (χ2v) is 4.89. The highest BCUT2D eigenvalue weighted by molar-refractivity contribution is 5.43. The summed E-state index contributed by atoms with van der Waals surface area (Å²) >= 11 is 0. The molecule has 2 N–H and O–H groups in total. The van der Waals surface area contributed by atoms with Crippen LogP contribution in [-0.4, -0.2) is 13.2 Å². The number of rotatable bonds is 1. The number of hydrogen-bond acceptors (Lipinski definition) is 2. The first kappa shape index (κ1) is 10.5. The number of nitrogens with two attached hydrogens (primary N) is 1. The molecule has 2 rings (SSSR count). The maximum Gasteiger partial charge on any atom is 0.119 e. The Labute approximate surface area is 91.4 Å². The molecule has 1 aromatic carbocycles. The van der Waals surface area contributed by atoms with Crippen LogP contribution in [0.15, 0.2) is 18.2 Å². The predicted octanol–water partition coefficient (Wildman–Crippen LogP) is 2.25. The number of hydrogen-bond donors (Lipinski definition) is 1. The zero-order valence-corrected chi connectivity index (χ0v) is 9.71. The van der Waals surface area contributed by atoms with Crippen molar-refractivity contribution in [1.82, 2.24) is 0 Å². The smallest absolute Gasteiger partial charge is 0.119 e. The van der Waals surface area contributed by atoms with E-state index in [1.165, 1.54) is 11.1 Å². The van der Waals surface area contributed by atoms with Crippen LogP contribution in [0.4, 0.5) is 0 Å². The highest BCUT2D eigenvalue weighted by Gasteiger charge is 2.34. The highest BCUT2D eigenvalue weighted by Crippen LogP contribution is 2.37. The Balaban J connectivity index is 2.51. The quantitative estimate of drug-likeness (QED) is 0.763. The van der Waals surface area contributed by atoms with Crippen molar-refractivity contribution < 1.29 is 4.74 Å². The van der Waals surface area contributed by atoms with Crippen molar-refractivity contribution in [3.8, 4) is 5.75 Å². The molecule has 0 bridgehead atoms. The Hall–Kier alpha value is -1.02. The minimum atomic E-state index is 0.0577. The lowest BCUT2D eigenvalue weighted by atomic mass is 9.69. The SMILES string of the molecule is COc1ccc2c(c1)C(C)(C)[C@@H](N)CC2. The second kappa shape index (κ2) is 3.53. The Kier molecular flexibility index (Phi) is 2.47. The van der Waals surface area contributed by atoms with Crippen molar-refractivity contribution in [3.05, 3.63) is 29.3 Å². The summed E-state index contributed by atoms with van der Waals surface area (Å²) in [6.07, 6.45) is 2.16. The van der Waals surface area contributed by atoms with Gasteiger partial charge in [0.25, 0.3) is 0 Å². The summed E-state index contributed by atoms with van der Waals surface area (Å²) in [7, 11) is 1.71. The van der Waals surface area contributed by atoms with Crippen LogP contribution in [-0.2, 0) is 11.8 Å². The summed E-state index contributed by atoms with van der Waals surface area (Å²) in [5, 5.41) is 0. The average molecular weight is 205 g/mol. The Bertz CT molecular complexity index is 371. The molecule has 0 radical (unpaired) electrons. The molecule has 1 atom stereocenters. The van der Waals surface area contributed by atoms with Crippen LogP contribution in [0.3, 0.4) is 0 Å². The Morgan fingerprint density at radius 2 is 2.13 bits per heavy atom. The molecular weight excluding hydrogens is 186 g/mol. The van der Waals surface area contributed by atoms with Gasteiger partial charge in [-0.2, -0.15) is 0 Å². The topological polar surface area (TPSA) is 35.2 Å². The van der Waals surface area contributed by atoms with Crippen molar-refractivity contribution in [2.45, 2.75) is 38.1 Å². The van der Waals surface area contributed by atoms with Gasteiger partial charge in [-0.05, 0) is 36.1 Å². The molecule has 1 aromatic rings. The van der Waals surface area contributed by atoms with Gasteiger partial charge in [0.15, 0.2) is 0 Å². The minimum Gasteiger partial charge on any atom is -0.497 e. The van der Waals surface area contributed by atoms with E-state index < -0.39 is 0 Å². The first-order valence-corrected chi connectivity index (χ1v) is 5.48. The number of fused-ring (bicyclic) bond motifs is 1. The predicted molar refractivity (Wildman–Crippen MR) is 62.3 cm³/mol. The van der Waals surface area contributed by atoms with E-state index in [0.29, 0.717) is 0 Å². The number of methoxy groups -OCH3 is 1. The van der Waals surface area contributed by atoms with E-state index in [9.17, 15) is 0 Å². The number of aryl methyl sites for hydroxylation is 1. The third-order valence-electron chi connectivity index (χ3n) is 3.66. The average Bonchev–Trinajstić information content (AvgIpc) is 2.24. The van der Waals surface area contributed by atoms with Crippen LogP contribution in [0.25, 0.3) is 0 Å². The molecule has 2 nitrogen and oxygen atoms in total. The van der Waals surface area contributed by atoms with Gasteiger partial charge >= 0.3 is 0 Å². The summed E-state index contributed by atoms with van der Waals surface area (Å²) in [5.41, 5.74) is 9.00. The monoisotopic (exact) mass is 205 g/mol. The Morgan fingerprint density at radius 1 is 1.40 bits per heavy atom. The molecule has 82 valence electrons. The van der Waals surface area contributed by atoms with E-state index in [1.54, 1.807) is 7.11 Å². The molecule has 0 aliphatic heterocycles. The van der Waals surface area contributed by atoms with Crippen molar-refractivity contribution in [2.75, 3.05) is 7.11 Å². The summed E-state index contributed by atoms with van der Waals surface area (Å²) in [6.45, 7) is 4.43. The fraction of sp³-hybridized carbons (Fsp3) is 0.538. The molecule has 0 saturated carbocycles. The molecule has 1 aliphatic rings. The molecule has 1 aliphatic carbocycles. The van der Waals surface area contributed by atoms with E-state index in [1.807, 2.05) is 6.07 Å². The van der Waals surface area contributed by atoms with Crippen LogP contribution in [0, 0.1) is 0 Å². The maximum absolute atomic E-state index is 6.18. The summed E-state index contributed by atoms with van der Waals surface area (Å²) < 4.78 is 5.27. The van der Waals surface area contributed by atoms with Gasteiger partial charge in [0.2, 0.25) is 0 Å². The van der Waals surface area contributed by atoms with Gasteiger partial charge in [0.05, 0.1) is 7.11 Å². The third-order valence-corrected chi connectivity index (χ3v) is 3.66. The molecule has 0 amide bonds. The van der Waals surface area contributed by atoms with Crippen molar-refractivity contribution >= 4 is 0 Å². The van der Waals surface area contributed by atoms with Gasteiger partial charge in [0, 0.05) is 11.5 Å². The van der Waals surface area contributed by atoms with Crippen LogP contribution in [0.2, 0.25) is 0 Å². The second-order valence-electron chi connectivity index (χ2n) is 4.89. The van der Waals surface area contributed by atoms with E-state index in [-0.39, 0.29) is 11.5 Å². The molecule has 0 aromatic heterocycles. The van der Waals surface area contributed by atoms with Crippen LogP contribution in [0.1, 0.15) is 31.4 Å². The third kappa shape index (κ3) is 1.63. The van der Waals surface area contributed by atoms with Gasteiger partial charge in [-0.15, -0.1) is 0 Å². The molecule has 0 saturated heterocycles. The lowest BCUT2D eigenvalue weighted by Gasteiger charge is -2.38.